The maximum absolute atomic E-state index is 5.84. The topological polar surface area (TPSA) is 51.5 Å². The Balaban J connectivity index is 1.40. The van der Waals surface area contributed by atoms with E-state index in [2.05, 4.69) is 33.8 Å². The van der Waals surface area contributed by atoms with Crippen molar-refractivity contribution in [2.75, 3.05) is 13.2 Å². The molecule has 3 unspecified atom stereocenters. The van der Waals surface area contributed by atoms with Crippen molar-refractivity contribution in [2.45, 2.75) is 38.8 Å². The first-order valence-electron chi connectivity index (χ1n) is 7.81. The number of hydrogen-bond acceptors (Lipinski definition) is 4. The molecule has 2 aliphatic rings. The van der Waals surface area contributed by atoms with E-state index < -0.39 is 0 Å². The molecule has 21 heavy (non-hydrogen) atoms. The minimum atomic E-state index is 0.244. The summed E-state index contributed by atoms with van der Waals surface area (Å²) in [5, 5.41) is 12.2. The molecule has 3 heterocycles. The van der Waals surface area contributed by atoms with Gasteiger partial charge >= 0.3 is 0 Å². The highest BCUT2D eigenvalue weighted by atomic mass is 16.5. The lowest BCUT2D eigenvalue weighted by Gasteiger charge is -2.55. The quantitative estimate of drug-likeness (QED) is 0.929. The second kappa shape index (κ2) is 4.78. The fourth-order valence-electron chi connectivity index (χ4n) is 4.14. The Labute approximate surface area is 124 Å². The Morgan fingerprint density at radius 2 is 2.29 bits per heavy atom. The smallest absolute Gasteiger partial charge is 0.160 e. The van der Waals surface area contributed by atoms with E-state index in [1.165, 1.54) is 6.42 Å². The highest BCUT2D eigenvalue weighted by Crippen LogP contribution is 2.51. The fourth-order valence-corrected chi connectivity index (χ4v) is 4.14. The minimum Gasteiger partial charge on any atom is -0.377 e. The van der Waals surface area contributed by atoms with Gasteiger partial charge in [-0.15, -0.1) is 10.2 Å². The number of ether oxygens (including phenoxy) is 1. The van der Waals surface area contributed by atoms with Gasteiger partial charge in [-0.05, 0) is 18.6 Å². The van der Waals surface area contributed by atoms with Gasteiger partial charge in [-0.25, -0.2) is 0 Å². The highest BCUT2D eigenvalue weighted by molar-refractivity contribution is 5.37. The first kappa shape index (κ1) is 13.2. The summed E-state index contributed by atoms with van der Waals surface area (Å²) < 4.78 is 7.91. The van der Waals surface area contributed by atoms with Crippen LogP contribution in [0.5, 0.6) is 0 Å². The molecule has 2 fully saturated rings. The van der Waals surface area contributed by atoms with Gasteiger partial charge in [0.25, 0.3) is 0 Å². The molecular formula is C16H22N4O. The zero-order valence-electron chi connectivity index (χ0n) is 12.6. The molecule has 1 N–H and O–H groups in total. The van der Waals surface area contributed by atoms with Gasteiger partial charge in [0.05, 0.1) is 6.10 Å². The molecule has 1 aliphatic heterocycles. The first-order valence-corrected chi connectivity index (χ1v) is 7.81. The summed E-state index contributed by atoms with van der Waals surface area (Å²) in [5.74, 6) is 1.71. The van der Waals surface area contributed by atoms with Crippen molar-refractivity contribution in [3.63, 3.8) is 0 Å². The summed E-state index contributed by atoms with van der Waals surface area (Å²) in [6.45, 7) is 6.48. The lowest BCUT2D eigenvalue weighted by molar-refractivity contribution is -0.112. The van der Waals surface area contributed by atoms with Crippen LogP contribution in [0.4, 0.5) is 0 Å². The van der Waals surface area contributed by atoms with E-state index in [1.54, 1.807) is 0 Å². The molecule has 5 heteroatoms. The van der Waals surface area contributed by atoms with Crippen molar-refractivity contribution in [1.82, 2.24) is 19.9 Å². The molecule has 2 aromatic heterocycles. The van der Waals surface area contributed by atoms with Crippen molar-refractivity contribution in [1.29, 1.82) is 0 Å². The Bertz CT molecular complexity index is 651. The number of hydrogen-bond donors (Lipinski definition) is 1. The average Bonchev–Trinajstić information content (AvgIpc) is 3.09. The van der Waals surface area contributed by atoms with Crippen molar-refractivity contribution < 1.29 is 4.74 Å². The molecule has 2 aromatic rings. The average molecular weight is 286 g/mol. The molecule has 0 amide bonds. The predicted molar refractivity (Wildman–Crippen MR) is 80.1 cm³/mol. The molecule has 1 saturated carbocycles. The molecule has 0 radical (unpaired) electrons. The lowest BCUT2D eigenvalue weighted by atomic mass is 9.57. The van der Waals surface area contributed by atoms with Crippen LogP contribution in [0, 0.1) is 11.3 Å². The second-order valence-electron chi connectivity index (χ2n) is 6.79. The minimum absolute atomic E-state index is 0.244. The van der Waals surface area contributed by atoms with Gasteiger partial charge in [-0.3, -0.25) is 4.40 Å². The van der Waals surface area contributed by atoms with Gasteiger partial charge in [0.15, 0.2) is 5.65 Å². The number of fused-ring (bicyclic) bond motifs is 2. The third-order valence-corrected chi connectivity index (χ3v) is 5.20. The second-order valence-corrected chi connectivity index (χ2v) is 6.79. The van der Waals surface area contributed by atoms with Crippen LogP contribution in [0.2, 0.25) is 0 Å². The summed E-state index contributed by atoms with van der Waals surface area (Å²) in [7, 11) is 0. The van der Waals surface area contributed by atoms with Gasteiger partial charge in [0.2, 0.25) is 0 Å². The maximum Gasteiger partial charge on any atom is 0.160 e. The van der Waals surface area contributed by atoms with E-state index in [9.17, 15) is 0 Å². The molecule has 112 valence electrons. The molecule has 0 bridgehead atoms. The van der Waals surface area contributed by atoms with E-state index in [0.29, 0.717) is 18.1 Å². The van der Waals surface area contributed by atoms with Crippen LogP contribution < -0.4 is 5.32 Å². The summed E-state index contributed by atoms with van der Waals surface area (Å²) in [6.07, 6.45) is 4.57. The fraction of sp³-hybridized carbons (Fsp3) is 0.625. The third-order valence-electron chi connectivity index (χ3n) is 5.20. The van der Waals surface area contributed by atoms with Gasteiger partial charge in [-0.2, -0.15) is 0 Å². The number of nitrogens with one attached hydrogen (secondary N) is 1. The molecule has 3 atom stereocenters. The highest BCUT2D eigenvalue weighted by Gasteiger charge is 2.58. The van der Waals surface area contributed by atoms with Gasteiger partial charge < -0.3 is 10.1 Å². The van der Waals surface area contributed by atoms with Crippen molar-refractivity contribution in [3.8, 4) is 0 Å². The summed E-state index contributed by atoms with van der Waals surface area (Å²) in [5.41, 5.74) is 1.16. The van der Waals surface area contributed by atoms with Crippen LogP contribution in [0.3, 0.4) is 0 Å². The predicted octanol–water partition coefficient (Wildman–Crippen LogP) is 1.67. The van der Waals surface area contributed by atoms with E-state index >= 15 is 0 Å². The maximum atomic E-state index is 5.84. The number of nitrogens with zero attached hydrogens (tertiary/aromatic N) is 3. The van der Waals surface area contributed by atoms with Crippen molar-refractivity contribution >= 4 is 5.65 Å². The molecule has 1 saturated heterocycles. The molecule has 0 spiro atoms. The Morgan fingerprint density at radius 1 is 1.38 bits per heavy atom. The van der Waals surface area contributed by atoms with E-state index in [0.717, 1.165) is 31.0 Å². The van der Waals surface area contributed by atoms with Crippen LogP contribution in [0.1, 0.15) is 26.1 Å². The van der Waals surface area contributed by atoms with Crippen molar-refractivity contribution in [3.05, 3.63) is 30.2 Å². The zero-order valence-corrected chi connectivity index (χ0v) is 12.6. The summed E-state index contributed by atoms with van der Waals surface area (Å²) >= 11 is 0. The van der Waals surface area contributed by atoms with Crippen LogP contribution >= 0.6 is 0 Å². The Kier molecular flexibility index (Phi) is 3.01. The number of aromatic nitrogens is 3. The molecule has 4 rings (SSSR count). The van der Waals surface area contributed by atoms with E-state index in [4.69, 9.17) is 4.74 Å². The van der Waals surface area contributed by atoms with Crippen LogP contribution in [-0.4, -0.2) is 39.9 Å². The van der Waals surface area contributed by atoms with Crippen LogP contribution in [0.15, 0.2) is 24.4 Å². The lowest BCUT2D eigenvalue weighted by Crippen LogP contribution is -2.66. The first-order chi connectivity index (χ1) is 10.2. The molecule has 0 aromatic carbocycles. The third kappa shape index (κ3) is 1.99. The summed E-state index contributed by atoms with van der Waals surface area (Å²) in [6, 6.07) is 6.55. The normalized spacial score (nSPS) is 30.3. The largest absolute Gasteiger partial charge is 0.377 e. The van der Waals surface area contributed by atoms with Gasteiger partial charge in [0, 0.05) is 43.1 Å². The van der Waals surface area contributed by atoms with Crippen LogP contribution in [0.25, 0.3) is 5.65 Å². The zero-order chi connectivity index (χ0) is 14.4. The molecule has 1 aliphatic carbocycles. The van der Waals surface area contributed by atoms with E-state index in [1.807, 2.05) is 24.4 Å². The van der Waals surface area contributed by atoms with E-state index in [-0.39, 0.29) is 5.41 Å². The monoisotopic (exact) mass is 286 g/mol. The number of pyridine rings is 1. The van der Waals surface area contributed by atoms with Crippen LogP contribution in [-0.2, 0) is 11.2 Å². The molecule has 5 nitrogen and oxygen atoms in total. The van der Waals surface area contributed by atoms with Gasteiger partial charge in [-0.1, -0.05) is 19.9 Å². The SMILES string of the molecule is CC1(C)C(NCCc2nnc3ccccn23)C2CCOC21. The molecular weight excluding hydrogens is 264 g/mol. The summed E-state index contributed by atoms with van der Waals surface area (Å²) in [4.78, 5) is 0. The standard InChI is InChI=1S/C16H22N4O/c1-16(2)14(11-7-10-21-15(11)16)17-8-6-13-19-18-12-5-3-4-9-20(12)13/h3-5,9,11,14-15,17H,6-8,10H2,1-2H3. The van der Waals surface area contributed by atoms with Gasteiger partial charge in [0.1, 0.15) is 5.82 Å². The number of rotatable bonds is 4. The Morgan fingerprint density at radius 3 is 3.19 bits per heavy atom. The Hall–Kier alpha value is -1.46. The van der Waals surface area contributed by atoms with Crippen molar-refractivity contribution in [2.24, 2.45) is 11.3 Å².